The van der Waals surface area contributed by atoms with Crippen LogP contribution in [0.4, 0.5) is 0 Å². The fourth-order valence-electron chi connectivity index (χ4n) is 3.13. The predicted octanol–water partition coefficient (Wildman–Crippen LogP) is 2.72. The molecule has 1 saturated heterocycles. The predicted molar refractivity (Wildman–Crippen MR) is 92.8 cm³/mol. The molecule has 3 rings (SSSR count). The van der Waals surface area contributed by atoms with Gasteiger partial charge in [-0.1, -0.05) is 24.1 Å². The molecule has 130 valence electrons. The number of carbonyl (C=O) groups is 1. The number of aromatic nitrogens is 2. The Labute approximate surface area is 146 Å². The maximum Gasteiger partial charge on any atom is 0.227 e. The van der Waals surface area contributed by atoms with Crippen molar-refractivity contribution in [3.8, 4) is 0 Å². The molecule has 1 aliphatic rings. The first kappa shape index (κ1) is 17.1. The Morgan fingerprint density at radius 2 is 2.17 bits per heavy atom. The Hall–Kier alpha value is -1.73. The number of likely N-dealkylation sites (tertiary alicyclic amines) is 1. The Morgan fingerprint density at radius 3 is 2.79 bits per heavy atom. The Balaban J connectivity index is 1.60. The van der Waals surface area contributed by atoms with Crippen LogP contribution in [-0.4, -0.2) is 40.6 Å². The highest BCUT2D eigenvalue weighted by molar-refractivity contribution is 7.10. The molecule has 7 heteroatoms. The van der Waals surface area contributed by atoms with E-state index in [4.69, 9.17) is 4.52 Å². The number of nitrogens with zero attached hydrogens (tertiary/aromatic N) is 3. The highest BCUT2D eigenvalue weighted by Gasteiger charge is 2.23. The van der Waals surface area contributed by atoms with E-state index >= 15 is 0 Å². The summed E-state index contributed by atoms with van der Waals surface area (Å²) in [6.07, 6.45) is 5.23. The van der Waals surface area contributed by atoms with Crippen molar-refractivity contribution in [1.82, 2.24) is 20.4 Å². The molecule has 1 fully saturated rings. The third kappa shape index (κ3) is 4.64. The van der Waals surface area contributed by atoms with Crippen LogP contribution in [0.2, 0.25) is 0 Å². The van der Waals surface area contributed by atoms with E-state index in [1.54, 1.807) is 18.3 Å². The standard InChI is InChI=1S/C17H24N4O2S/c1-13-19-16(20-23-13)11-17(22)18-12-14(15-7-6-10-24-15)21-8-4-2-3-5-9-21/h6-7,10,14H,2-5,8-9,11-12H2,1H3,(H,18,22). The summed E-state index contributed by atoms with van der Waals surface area (Å²) in [5, 5.41) is 8.93. The van der Waals surface area contributed by atoms with Crippen LogP contribution in [0.1, 0.15) is 48.3 Å². The molecule has 2 aromatic heterocycles. The first-order valence-corrected chi connectivity index (χ1v) is 9.43. The molecule has 1 aliphatic heterocycles. The molecule has 0 aliphatic carbocycles. The van der Waals surface area contributed by atoms with E-state index in [0.717, 1.165) is 13.1 Å². The molecule has 0 bridgehead atoms. The van der Waals surface area contributed by atoms with Crippen LogP contribution < -0.4 is 5.32 Å². The van der Waals surface area contributed by atoms with Crippen LogP contribution in [0.5, 0.6) is 0 Å². The summed E-state index contributed by atoms with van der Waals surface area (Å²) < 4.78 is 4.91. The lowest BCUT2D eigenvalue weighted by atomic mass is 10.2. The molecule has 1 amide bonds. The average Bonchev–Trinajstić information content (AvgIpc) is 3.14. The van der Waals surface area contributed by atoms with Gasteiger partial charge in [0.25, 0.3) is 0 Å². The second kappa shape index (κ2) is 8.39. The first-order chi connectivity index (χ1) is 11.7. The largest absolute Gasteiger partial charge is 0.354 e. The van der Waals surface area contributed by atoms with E-state index in [1.807, 2.05) is 0 Å². The van der Waals surface area contributed by atoms with Gasteiger partial charge in [-0.05, 0) is 37.4 Å². The normalized spacial score (nSPS) is 17.4. The van der Waals surface area contributed by atoms with Gasteiger partial charge >= 0.3 is 0 Å². The van der Waals surface area contributed by atoms with Crippen LogP contribution in [0.15, 0.2) is 22.0 Å². The minimum atomic E-state index is -0.0628. The van der Waals surface area contributed by atoms with Crippen LogP contribution in [0.3, 0.4) is 0 Å². The molecule has 2 aromatic rings. The van der Waals surface area contributed by atoms with Crippen molar-refractivity contribution in [2.24, 2.45) is 0 Å². The molecule has 1 unspecified atom stereocenters. The molecule has 1 atom stereocenters. The Morgan fingerprint density at radius 1 is 1.38 bits per heavy atom. The second-order valence-electron chi connectivity index (χ2n) is 6.19. The van der Waals surface area contributed by atoms with E-state index in [0.29, 0.717) is 18.3 Å². The van der Waals surface area contributed by atoms with Crippen molar-refractivity contribution in [1.29, 1.82) is 0 Å². The fraction of sp³-hybridized carbons (Fsp3) is 0.588. The number of hydrogen-bond acceptors (Lipinski definition) is 6. The summed E-state index contributed by atoms with van der Waals surface area (Å²) in [7, 11) is 0. The highest BCUT2D eigenvalue weighted by Crippen LogP contribution is 2.27. The minimum Gasteiger partial charge on any atom is -0.354 e. The summed E-state index contributed by atoms with van der Waals surface area (Å²) in [4.78, 5) is 20.1. The van der Waals surface area contributed by atoms with Gasteiger partial charge in [-0.25, -0.2) is 0 Å². The van der Waals surface area contributed by atoms with Crippen LogP contribution in [0, 0.1) is 6.92 Å². The lowest BCUT2D eigenvalue weighted by Gasteiger charge is -2.30. The minimum absolute atomic E-state index is 0.0628. The zero-order valence-corrected chi connectivity index (χ0v) is 14.8. The summed E-state index contributed by atoms with van der Waals surface area (Å²) in [6.45, 7) is 4.54. The number of hydrogen-bond donors (Lipinski definition) is 1. The van der Waals surface area contributed by atoms with Gasteiger partial charge in [0.15, 0.2) is 5.82 Å². The van der Waals surface area contributed by atoms with Gasteiger partial charge in [-0.15, -0.1) is 11.3 Å². The van der Waals surface area contributed by atoms with E-state index in [2.05, 4.69) is 37.9 Å². The average molecular weight is 348 g/mol. The van der Waals surface area contributed by atoms with Crippen LogP contribution in [-0.2, 0) is 11.2 Å². The van der Waals surface area contributed by atoms with E-state index in [1.165, 1.54) is 30.6 Å². The monoisotopic (exact) mass is 348 g/mol. The number of rotatable bonds is 6. The smallest absolute Gasteiger partial charge is 0.227 e. The van der Waals surface area contributed by atoms with Gasteiger partial charge in [0, 0.05) is 18.3 Å². The topological polar surface area (TPSA) is 71.3 Å². The molecular formula is C17H24N4O2S. The van der Waals surface area contributed by atoms with Gasteiger partial charge in [-0.3, -0.25) is 9.69 Å². The lowest BCUT2D eigenvalue weighted by Crippen LogP contribution is -2.38. The molecular weight excluding hydrogens is 324 g/mol. The molecule has 0 aromatic carbocycles. The van der Waals surface area contributed by atoms with Crippen LogP contribution in [0.25, 0.3) is 0 Å². The van der Waals surface area contributed by atoms with E-state index < -0.39 is 0 Å². The van der Waals surface area contributed by atoms with Gasteiger partial charge in [0.1, 0.15) is 0 Å². The Bertz CT molecular complexity index is 633. The fourth-order valence-corrected chi connectivity index (χ4v) is 3.99. The van der Waals surface area contributed by atoms with Crippen LogP contribution >= 0.6 is 11.3 Å². The van der Waals surface area contributed by atoms with Crippen molar-refractivity contribution in [2.45, 2.75) is 45.1 Å². The third-order valence-electron chi connectivity index (χ3n) is 4.33. The maximum absolute atomic E-state index is 12.2. The lowest BCUT2D eigenvalue weighted by molar-refractivity contribution is -0.120. The maximum atomic E-state index is 12.2. The molecule has 0 radical (unpaired) electrons. The van der Waals surface area contributed by atoms with Gasteiger partial charge < -0.3 is 9.84 Å². The Kier molecular flexibility index (Phi) is 5.98. The van der Waals surface area contributed by atoms with Crippen molar-refractivity contribution >= 4 is 17.2 Å². The zero-order chi connectivity index (χ0) is 16.8. The number of nitrogens with one attached hydrogen (secondary N) is 1. The van der Waals surface area contributed by atoms with Crippen molar-refractivity contribution in [2.75, 3.05) is 19.6 Å². The summed E-state index contributed by atoms with van der Waals surface area (Å²) in [5.41, 5.74) is 0. The number of carbonyl (C=O) groups excluding carboxylic acids is 1. The molecule has 6 nitrogen and oxygen atoms in total. The SMILES string of the molecule is Cc1nc(CC(=O)NCC(c2cccs2)N2CCCCCC2)no1. The van der Waals surface area contributed by atoms with Gasteiger partial charge in [0.2, 0.25) is 11.8 Å². The van der Waals surface area contributed by atoms with Gasteiger partial charge in [0.05, 0.1) is 12.5 Å². The quantitative estimate of drug-likeness (QED) is 0.869. The van der Waals surface area contributed by atoms with Crippen molar-refractivity contribution < 1.29 is 9.32 Å². The molecule has 0 saturated carbocycles. The first-order valence-electron chi connectivity index (χ1n) is 8.56. The number of thiophene rings is 1. The molecule has 1 N–H and O–H groups in total. The second-order valence-corrected chi connectivity index (χ2v) is 7.17. The highest BCUT2D eigenvalue weighted by atomic mass is 32.1. The number of aryl methyl sites for hydroxylation is 1. The van der Waals surface area contributed by atoms with Gasteiger partial charge in [-0.2, -0.15) is 4.98 Å². The molecule has 3 heterocycles. The summed E-state index contributed by atoms with van der Waals surface area (Å²) >= 11 is 1.76. The number of amides is 1. The zero-order valence-electron chi connectivity index (χ0n) is 14.0. The van der Waals surface area contributed by atoms with Crippen molar-refractivity contribution in [3.05, 3.63) is 34.1 Å². The van der Waals surface area contributed by atoms with E-state index in [9.17, 15) is 4.79 Å². The van der Waals surface area contributed by atoms with E-state index in [-0.39, 0.29) is 18.4 Å². The summed E-state index contributed by atoms with van der Waals surface area (Å²) in [6, 6.07) is 4.49. The molecule has 24 heavy (non-hydrogen) atoms. The van der Waals surface area contributed by atoms with Crippen molar-refractivity contribution in [3.63, 3.8) is 0 Å². The molecule has 0 spiro atoms. The summed E-state index contributed by atoms with van der Waals surface area (Å²) in [5.74, 6) is 0.860. The third-order valence-corrected chi connectivity index (χ3v) is 5.31.